The van der Waals surface area contributed by atoms with Gasteiger partial charge in [-0.15, -0.1) is 24.0 Å². The van der Waals surface area contributed by atoms with Gasteiger partial charge in [0.15, 0.2) is 5.96 Å². The number of nitrogens with zero attached hydrogens (tertiary/aromatic N) is 2. The summed E-state index contributed by atoms with van der Waals surface area (Å²) in [7, 11) is 0. The molecule has 26 heavy (non-hydrogen) atoms. The van der Waals surface area contributed by atoms with Gasteiger partial charge in [-0.25, -0.2) is 9.38 Å². The second-order valence-electron chi connectivity index (χ2n) is 6.54. The van der Waals surface area contributed by atoms with Crippen LogP contribution in [0.5, 0.6) is 0 Å². The highest BCUT2D eigenvalue weighted by molar-refractivity contribution is 14.0. The summed E-state index contributed by atoms with van der Waals surface area (Å²) in [6, 6.07) is 5.21. The number of piperidine rings is 1. The van der Waals surface area contributed by atoms with Crippen molar-refractivity contribution in [1.82, 2.24) is 15.5 Å². The number of aliphatic imine (C=N–C) groups is 1. The Hall–Kier alpha value is -0.930. The molecule has 148 valence electrons. The van der Waals surface area contributed by atoms with E-state index in [0.717, 1.165) is 44.0 Å². The van der Waals surface area contributed by atoms with Crippen LogP contribution in [-0.2, 0) is 13.2 Å². The van der Waals surface area contributed by atoms with Crippen molar-refractivity contribution in [3.8, 4) is 0 Å². The van der Waals surface area contributed by atoms with Crippen molar-refractivity contribution < 1.29 is 9.50 Å². The second kappa shape index (κ2) is 12.5. The summed E-state index contributed by atoms with van der Waals surface area (Å²) in [4.78, 5) is 7.13. The van der Waals surface area contributed by atoms with Gasteiger partial charge in [-0.1, -0.05) is 13.0 Å². The highest BCUT2D eigenvalue weighted by Crippen LogP contribution is 2.12. The SMILES string of the molecule is CCCN1CCC(NC(=NCc2ccc(F)c(CO)c2)NCC)CC1.I. The number of hydrogen-bond donors (Lipinski definition) is 3. The summed E-state index contributed by atoms with van der Waals surface area (Å²) < 4.78 is 13.5. The Morgan fingerprint density at radius 3 is 2.65 bits per heavy atom. The fraction of sp³-hybridized carbons (Fsp3) is 0.632. The molecular weight excluding hydrogens is 446 g/mol. The van der Waals surface area contributed by atoms with Crippen LogP contribution in [0.15, 0.2) is 23.2 Å². The van der Waals surface area contributed by atoms with Crippen molar-refractivity contribution >= 4 is 29.9 Å². The number of guanidine groups is 1. The Morgan fingerprint density at radius 1 is 1.31 bits per heavy atom. The zero-order valence-electron chi connectivity index (χ0n) is 15.8. The maximum Gasteiger partial charge on any atom is 0.191 e. The Labute approximate surface area is 173 Å². The van der Waals surface area contributed by atoms with Gasteiger partial charge in [-0.3, -0.25) is 0 Å². The minimum Gasteiger partial charge on any atom is -0.392 e. The molecule has 1 fully saturated rings. The van der Waals surface area contributed by atoms with Crippen molar-refractivity contribution in [3.63, 3.8) is 0 Å². The lowest BCUT2D eigenvalue weighted by Crippen LogP contribution is -2.48. The molecule has 1 aromatic rings. The normalized spacial score (nSPS) is 16.2. The molecule has 0 spiro atoms. The quantitative estimate of drug-likeness (QED) is 0.321. The maximum atomic E-state index is 13.5. The summed E-state index contributed by atoms with van der Waals surface area (Å²) >= 11 is 0. The van der Waals surface area contributed by atoms with Crippen LogP contribution in [0.3, 0.4) is 0 Å². The number of rotatable bonds is 7. The van der Waals surface area contributed by atoms with Crippen molar-refractivity contribution in [1.29, 1.82) is 0 Å². The van der Waals surface area contributed by atoms with E-state index in [0.29, 0.717) is 18.2 Å². The first-order valence-electron chi connectivity index (χ1n) is 9.31. The summed E-state index contributed by atoms with van der Waals surface area (Å²) in [5.74, 6) is 0.422. The lowest BCUT2D eigenvalue weighted by atomic mass is 10.1. The Morgan fingerprint density at radius 2 is 2.04 bits per heavy atom. The highest BCUT2D eigenvalue weighted by Gasteiger charge is 2.19. The molecule has 5 nitrogen and oxygen atoms in total. The molecule has 7 heteroatoms. The standard InChI is InChI=1S/C19H31FN4O.HI/c1-3-9-24-10-7-17(8-11-24)23-19(21-4-2)22-13-15-5-6-18(20)16(12-15)14-25;/h5-6,12,17,25H,3-4,7-11,13-14H2,1-2H3,(H2,21,22,23);1H. The number of nitrogens with one attached hydrogen (secondary N) is 2. The van der Waals surface area contributed by atoms with E-state index in [1.807, 2.05) is 6.92 Å². The molecule has 1 heterocycles. The van der Waals surface area contributed by atoms with Crippen molar-refractivity contribution in [2.24, 2.45) is 4.99 Å². The second-order valence-corrected chi connectivity index (χ2v) is 6.54. The molecule has 0 saturated carbocycles. The summed E-state index contributed by atoms with van der Waals surface area (Å²) in [5, 5.41) is 16.0. The van der Waals surface area contributed by atoms with Crippen molar-refractivity contribution in [2.45, 2.75) is 52.3 Å². The molecule has 0 atom stereocenters. The number of likely N-dealkylation sites (tertiary alicyclic amines) is 1. The molecule has 3 N–H and O–H groups in total. The molecule has 0 bridgehead atoms. The summed E-state index contributed by atoms with van der Waals surface area (Å²) in [5.41, 5.74) is 1.20. The van der Waals surface area contributed by atoms with Crippen LogP contribution in [0.4, 0.5) is 4.39 Å². The van der Waals surface area contributed by atoms with E-state index in [4.69, 9.17) is 0 Å². The molecule has 1 aromatic carbocycles. The Kier molecular flexibility index (Phi) is 11.1. The van der Waals surface area contributed by atoms with E-state index < -0.39 is 0 Å². The van der Waals surface area contributed by atoms with Gasteiger partial charge in [0.2, 0.25) is 0 Å². The Balaban J connectivity index is 0.00000338. The predicted molar refractivity (Wildman–Crippen MR) is 115 cm³/mol. The predicted octanol–water partition coefficient (Wildman–Crippen LogP) is 2.87. The van der Waals surface area contributed by atoms with Crippen LogP contribution in [0.1, 0.15) is 44.2 Å². The third-order valence-corrected chi connectivity index (χ3v) is 4.51. The first-order chi connectivity index (χ1) is 12.2. The monoisotopic (exact) mass is 478 g/mol. The molecule has 2 rings (SSSR count). The van der Waals surface area contributed by atoms with Gasteiger partial charge in [0.25, 0.3) is 0 Å². The number of aliphatic hydroxyl groups is 1. The lowest BCUT2D eigenvalue weighted by Gasteiger charge is -2.32. The molecule has 1 saturated heterocycles. The van der Waals surface area contributed by atoms with Crippen LogP contribution >= 0.6 is 24.0 Å². The van der Waals surface area contributed by atoms with Crippen molar-refractivity contribution in [2.75, 3.05) is 26.2 Å². The van der Waals surface area contributed by atoms with Gasteiger partial charge >= 0.3 is 0 Å². The third-order valence-electron chi connectivity index (χ3n) is 4.51. The first kappa shape index (κ1) is 23.1. The Bertz CT molecular complexity index is 562. The summed E-state index contributed by atoms with van der Waals surface area (Å²) in [6.07, 6.45) is 3.45. The summed E-state index contributed by atoms with van der Waals surface area (Å²) in [6.45, 7) is 8.66. The van der Waals surface area contributed by atoms with E-state index in [1.54, 1.807) is 12.1 Å². The van der Waals surface area contributed by atoms with Crippen molar-refractivity contribution in [3.05, 3.63) is 35.1 Å². The first-order valence-corrected chi connectivity index (χ1v) is 9.31. The van der Waals surface area contributed by atoms with E-state index >= 15 is 0 Å². The van der Waals surface area contributed by atoms with Gasteiger partial charge in [0.05, 0.1) is 13.2 Å². The van der Waals surface area contributed by atoms with E-state index in [-0.39, 0.29) is 36.4 Å². The topological polar surface area (TPSA) is 59.9 Å². The van der Waals surface area contributed by atoms with Crippen LogP contribution in [-0.4, -0.2) is 48.2 Å². The van der Waals surface area contributed by atoms with Gasteiger partial charge in [-0.05, 0) is 50.4 Å². The average molecular weight is 478 g/mol. The zero-order valence-corrected chi connectivity index (χ0v) is 18.1. The van der Waals surface area contributed by atoms with Crippen LogP contribution in [0, 0.1) is 5.82 Å². The van der Waals surface area contributed by atoms with Gasteiger partial charge < -0.3 is 20.6 Å². The molecule has 1 aliphatic rings. The molecule has 0 unspecified atom stereocenters. The number of benzene rings is 1. The van der Waals surface area contributed by atoms with Crippen LogP contribution in [0.2, 0.25) is 0 Å². The van der Waals surface area contributed by atoms with E-state index in [9.17, 15) is 9.50 Å². The average Bonchev–Trinajstić information content (AvgIpc) is 2.63. The number of halogens is 2. The molecule has 0 aromatic heterocycles. The van der Waals surface area contributed by atoms with E-state index in [1.165, 1.54) is 19.0 Å². The van der Waals surface area contributed by atoms with Crippen LogP contribution < -0.4 is 10.6 Å². The number of hydrogen-bond acceptors (Lipinski definition) is 3. The smallest absolute Gasteiger partial charge is 0.191 e. The minimum absolute atomic E-state index is 0. The minimum atomic E-state index is -0.376. The molecular formula is C19H32FIN4O. The largest absolute Gasteiger partial charge is 0.392 e. The highest BCUT2D eigenvalue weighted by atomic mass is 127. The fourth-order valence-corrected chi connectivity index (χ4v) is 3.15. The van der Waals surface area contributed by atoms with Gasteiger partial charge in [0, 0.05) is 31.2 Å². The number of aliphatic hydroxyl groups excluding tert-OH is 1. The zero-order chi connectivity index (χ0) is 18.1. The molecule has 0 aliphatic carbocycles. The fourth-order valence-electron chi connectivity index (χ4n) is 3.15. The molecule has 1 aliphatic heterocycles. The van der Waals surface area contributed by atoms with Gasteiger partial charge in [0.1, 0.15) is 5.82 Å². The van der Waals surface area contributed by atoms with Crippen LogP contribution in [0.25, 0.3) is 0 Å². The van der Waals surface area contributed by atoms with Gasteiger partial charge in [-0.2, -0.15) is 0 Å². The molecule has 0 radical (unpaired) electrons. The van der Waals surface area contributed by atoms with E-state index in [2.05, 4.69) is 27.4 Å². The molecule has 0 amide bonds. The maximum absolute atomic E-state index is 13.5. The lowest BCUT2D eigenvalue weighted by molar-refractivity contribution is 0.206. The third kappa shape index (κ3) is 7.36.